The van der Waals surface area contributed by atoms with Crippen LogP contribution in [0.2, 0.25) is 0 Å². The predicted molar refractivity (Wildman–Crippen MR) is 69.5 cm³/mol. The third kappa shape index (κ3) is 3.74. The summed E-state index contributed by atoms with van der Waals surface area (Å²) in [5, 5.41) is 9.89. The molecule has 4 nitrogen and oxygen atoms in total. The molecule has 2 rings (SSSR count). The first-order valence-electron chi connectivity index (χ1n) is 6.52. The second-order valence-electron chi connectivity index (χ2n) is 5.07. The molecule has 0 heterocycles. The molecule has 20 heavy (non-hydrogen) atoms. The summed E-state index contributed by atoms with van der Waals surface area (Å²) in [6, 6.07) is 2.09. The van der Waals surface area contributed by atoms with E-state index in [1.165, 1.54) is 0 Å². The van der Waals surface area contributed by atoms with Gasteiger partial charge in [0.05, 0.1) is 11.0 Å². The summed E-state index contributed by atoms with van der Waals surface area (Å²) in [5.41, 5.74) is 0. The molecule has 0 bridgehead atoms. The van der Waals surface area contributed by atoms with E-state index in [-0.39, 0.29) is 12.5 Å². The number of nitrogens with one attached hydrogen (secondary N) is 1. The largest absolute Gasteiger partial charge is 0.391 e. The Labute approximate surface area is 116 Å². The maximum Gasteiger partial charge on any atom is 0.240 e. The molecule has 1 aromatic carbocycles. The molecule has 2 N–H and O–H groups in total. The van der Waals surface area contributed by atoms with E-state index in [9.17, 15) is 22.3 Å². The molecule has 1 unspecified atom stereocenters. The zero-order chi connectivity index (χ0) is 14.8. The van der Waals surface area contributed by atoms with Gasteiger partial charge in [-0.3, -0.25) is 0 Å². The fourth-order valence-corrected chi connectivity index (χ4v) is 3.56. The number of benzene rings is 1. The third-order valence-corrected chi connectivity index (χ3v) is 4.98. The van der Waals surface area contributed by atoms with Crippen LogP contribution >= 0.6 is 0 Å². The van der Waals surface area contributed by atoms with E-state index in [0.717, 1.165) is 37.8 Å². The van der Waals surface area contributed by atoms with Crippen molar-refractivity contribution in [3.05, 3.63) is 29.8 Å². The fourth-order valence-electron chi connectivity index (χ4n) is 2.47. The highest BCUT2D eigenvalue weighted by atomic mass is 32.2. The molecule has 0 aromatic heterocycles. The summed E-state index contributed by atoms with van der Waals surface area (Å²) in [6.07, 6.45) is 3.04. The van der Waals surface area contributed by atoms with Crippen molar-refractivity contribution in [2.24, 2.45) is 5.92 Å². The molecule has 7 heteroatoms. The number of rotatable bonds is 5. The van der Waals surface area contributed by atoms with Crippen molar-refractivity contribution < 1.29 is 22.3 Å². The molecule has 1 atom stereocenters. The van der Waals surface area contributed by atoms with Crippen molar-refractivity contribution in [1.29, 1.82) is 0 Å². The molecule has 0 aliphatic heterocycles. The van der Waals surface area contributed by atoms with Crippen molar-refractivity contribution in [2.75, 3.05) is 6.54 Å². The summed E-state index contributed by atoms with van der Waals surface area (Å²) in [4.78, 5) is -0.478. The highest BCUT2D eigenvalue weighted by Gasteiger charge is 2.25. The number of hydrogen-bond acceptors (Lipinski definition) is 3. The first-order chi connectivity index (χ1) is 9.38. The van der Waals surface area contributed by atoms with Crippen LogP contribution in [0.3, 0.4) is 0 Å². The lowest BCUT2D eigenvalue weighted by Crippen LogP contribution is -2.35. The highest BCUT2D eigenvalue weighted by molar-refractivity contribution is 7.89. The Balaban J connectivity index is 2.03. The summed E-state index contributed by atoms with van der Waals surface area (Å²) in [6.45, 7) is -0.148. The molecule has 1 aliphatic rings. The Kier molecular flexibility index (Phi) is 4.72. The number of halogens is 2. The Bertz CT molecular complexity index is 551. The van der Waals surface area contributed by atoms with Crippen LogP contribution < -0.4 is 4.72 Å². The van der Waals surface area contributed by atoms with E-state index in [1.54, 1.807) is 0 Å². The van der Waals surface area contributed by atoms with Gasteiger partial charge in [0.15, 0.2) is 0 Å². The number of hydrogen-bond donors (Lipinski definition) is 2. The number of sulfonamides is 1. The summed E-state index contributed by atoms with van der Waals surface area (Å²) in [7, 11) is -4.02. The number of aliphatic hydroxyl groups is 1. The van der Waals surface area contributed by atoms with Crippen LogP contribution in [0.4, 0.5) is 8.78 Å². The normalized spacial score (nSPS) is 18.4. The Morgan fingerprint density at radius 2 is 1.75 bits per heavy atom. The fraction of sp³-hybridized carbons (Fsp3) is 0.538. The molecular formula is C13H17F2NO3S. The summed E-state index contributed by atoms with van der Waals surface area (Å²) in [5.74, 6) is -1.83. The SMILES string of the molecule is O=S(=O)(NCC(O)C1CCCC1)c1cc(F)cc(F)c1. The predicted octanol–water partition coefficient (Wildman–Crippen LogP) is 1.79. The van der Waals surface area contributed by atoms with Gasteiger partial charge >= 0.3 is 0 Å². The van der Waals surface area contributed by atoms with Crippen LogP contribution in [-0.4, -0.2) is 26.2 Å². The molecule has 1 saturated carbocycles. The standard InChI is InChI=1S/C13H17F2NO3S/c14-10-5-11(15)7-12(6-10)20(18,19)16-8-13(17)9-3-1-2-4-9/h5-7,9,13,16-17H,1-4,8H2. The lowest BCUT2D eigenvalue weighted by molar-refractivity contribution is 0.115. The molecule has 1 fully saturated rings. The van der Waals surface area contributed by atoms with Gasteiger partial charge in [-0.15, -0.1) is 0 Å². The van der Waals surface area contributed by atoms with Gasteiger partial charge in [-0.25, -0.2) is 21.9 Å². The zero-order valence-electron chi connectivity index (χ0n) is 10.9. The van der Waals surface area contributed by atoms with Crippen molar-refractivity contribution in [3.8, 4) is 0 Å². The van der Waals surface area contributed by atoms with E-state index < -0.39 is 32.7 Å². The molecule has 0 spiro atoms. The van der Waals surface area contributed by atoms with Crippen molar-refractivity contribution >= 4 is 10.0 Å². The van der Waals surface area contributed by atoms with Crippen molar-refractivity contribution in [1.82, 2.24) is 4.72 Å². The molecular weight excluding hydrogens is 288 g/mol. The Hall–Kier alpha value is -1.05. The quantitative estimate of drug-likeness (QED) is 0.871. The van der Waals surface area contributed by atoms with Crippen LogP contribution in [0.25, 0.3) is 0 Å². The maximum atomic E-state index is 13.0. The average Bonchev–Trinajstić information content (AvgIpc) is 2.88. The second kappa shape index (κ2) is 6.15. The smallest absolute Gasteiger partial charge is 0.240 e. The van der Waals surface area contributed by atoms with Crippen molar-refractivity contribution in [2.45, 2.75) is 36.7 Å². The van der Waals surface area contributed by atoms with Gasteiger partial charge < -0.3 is 5.11 Å². The van der Waals surface area contributed by atoms with Crippen LogP contribution in [0.1, 0.15) is 25.7 Å². The van der Waals surface area contributed by atoms with E-state index in [4.69, 9.17) is 0 Å². The molecule has 1 aliphatic carbocycles. The van der Waals surface area contributed by atoms with Gasteiger partial charge in [0.2, 0.25) is 10.0 Å². The maximum absolute atomic E-state index is 13.0. The molecule has 0 saturated heterocycles. The Morgan fingerprint density at radius 1 is 1.20 bits per heavy atom. The molecule has 0 amide bonds. The van der Waals surface area contributed by atoms with E-state index in [1.807, 2.05) is 0 Å². The van der Waals surface area contributed by atoms with Gasteiger partial charge in [0.25, 0.3) is 0 Å². The summed E-state index contributed by atoms with van der Waals surface area (Å²) < 4.78 is 52.0. The topological polar surface area (TPSA) is 66.4 Å². The van der Waals surface area contributed by atoms with E-state index in [0.29, 0.717) is 6.07 Å². The van der Waals surface area contributed by atoms with Gasteiger partial charge in [0.1, 0.15) is 11.6 Å². The minimum Gasteiger partial charge on any atom is -0.391 e. The zero-order valence-corrected chi connectivity index (χ0v) is 11.7. The molecule has 1 aromatic rings. The minimum absolute atomic E-state index is 0.0851. The van der Waals surface area contributed by atoms with E-state index in [2.05, 4.69) is 4.72 Å². The van der Waals surface area contributed by atoms with Gasteiger partial charge in [0, 0.05) is 12.6 Å². The first-order valence-corrected chi connectivity index (χ1v) is 8.00. The first kappa shape index (κ1) is 15.3. The van der Waals surface area contributed by atoms with Crippen LogP contribution in [-0.2, 0) is 10.0 Å². The lowest BCUT2D eigenvalue weighted by Gasteiger charge is -2.18. The van der Waals surface area contributed by atoms with E-state index >= 15 is 0 Å². The Morgan fingerprint density at radius 3 is 2.30 bits per heavy atom. The lowest BCUT2D eigenvalue weighted by atomic mass is 10.0. The van der Waals surface area contributed by atoms with Crippen LogP contribution in [0.15, 0.2) is 23.1 Å². The van der Waals surface area contributed by atoms with Crippen molar-refractivity contribution in [3.63, 3.8) is 0 Å². The second-order valence-corrected chi connectivity index (χ2v) is 6.84. The monoisotopic (exact) mass is 305 g/mol. The third-order valence-electron chi connectivity index (χ3n) is 3.57. The van der Waals surface area contributed by atoms with Crippen LogP contribution in [0.5, 0.6) is 0 Å². The molecule has 0 radical (unpaired) electrons. The summed E-state index contributed by atoms with van der Waals surface area (Å²) >= 11 is 0. The average molecular weight is 305 g/mol. The highest BCUT2D eigenvalue weighted by Crippen LogP contribution is 2.27. The molecule has 112 valence electrons. The number of aliphatic hydroxyl groups excluding tert-OH is 1. The van der Waals surface area contributed by atoms with Crippen LogP contribution in [0, 0.1) is 17.6 Å². The van der Waals surface area contributed by atoms with Gasteiger partial charge in [-0.2, -0.15) is 0 Å². The van der Waals surface area contributed by atoms with Gasteiger partial charge in [-0.1, -0.05) is 12.8 Å². The minimum atomic E-state index is -4.02. The van der Waals surface area contributed by atoms with Gasteiger partial charge in [-0.05, 0) is 30.9 Å².